The maximum absolute atomic E-state index is 6.00. The van der Waals surface area contributed by atoms with Crippen molar-refractivity contribution in [3.63, 3.8) is 0 Å². The van der Waals surface area contributed by atoms with E-state index in [0.717, 1.165) is 27.9 Å². The quantitative estimate of drug-likeness (QED) is 0.866. The van der Waals surface area contributed by atoms with Crippen LogP contribution in [0.2, 0.25) is 0 Å². The van der Waals surface area contributed by atoms with Crippen molar-refractivity contribution in [3.8, 4) is 5.75 Å². The zero-order chi connectivity index (χ0) is 15.4. The lowest BCUT2D eigenvalue weighted by atomic mass is 10.0. The molecule has 2 N–H and O–H groups in total. The molecule has 6 heteroatoms. The minimum Gasteiger partial charge on any atom is -0.496 e. The van der Waals surface area contributed by atoms with E-state index in [1.807, 2.05) is 31.6 Å². The largest absolute Gasteiger partial charge is 0.496 e. The first kappa shape index (κ1) is 16.0. The average Bonchev–Trinajstić information content (AvgIpc) is 2.85. The van der Waals surface area contributed by atoms with Crippen molar-refractivity contribution in [1.29, 1.82) is 0 Å². The van der Waals surface area contributed by atoms with Gasteiger partial charge >= 0.3 is 0 Å². The van der Waals surface area contributed by atoms with E-state index in [1.54, 1.807) is 11.8 Å². The van der Waals surface area contributed by atoms with Crippen molar-refractivity contribution in [3.05, 3.63) is 46.2 Å². The second-order valence-electron chi connectivity index (χ2n) is 5.08. The van der Waals surface area contributed by atoms with Gasteiger partial charge in [0.2, 0.25) is 0 Å². The molecule has 1 heterocycles. The number of halogens is 1. The number of methoxy groups -OCH3 is 1. The summed E-state index contributed by atoms with van der Waals surface area (Å²) >= 11 is 3.51. The van der Waals surface area contributed by atoms with Gasteiger partial charge in [-0.2, -0.15) is 5.10 Å². The fourth-order valence-electron chi connectivity index (χ4n) is 2.46. The van der Waals surface area contributed by atoms with Crippen LogP contribution in [0.25, 0.3) is 0 Å². The molecule has 5 nitrogen and oxygen atoms in total. The number of rotatable bonds is 6. The lowest BCUT2D eigenvalue weighted by Gasteiger charge is -2.28. The monoisotopic (exact) mass is 352 g/mol. The molecule has 21 heavy (non-hydrogen) atoms. The first-order chi connectivity index (χ1) is 10.0. The van der Waals surface area contributed by atoms with E-state index < -0.39 is 0 Å². The molecular formula is C15H21BrN4O. The van der Waals surface area contributed by atoms with Gasteiger partial charge < -0.3 is 10.5 Å². The van der Waals surface area contributed by atoms with Gasteiger partial charge in [-0.3, -0.25) is 9.58 Å². The Kier molecular flexibility index (Phi) is 5.39. The Balaban J connectivity index is 2.24. The molecule has 2 rings (SSSR count). The van der Waals surface area contributed by atoms with Crippen LogP contribution >= 0.6 is 15.9 Å². The average molecular weight is 353 g/mol. The van der Waals surface area contributed by atoms with Gasteiger partial charge in [-0.05, 0) is 25.2 Å². The Morgan fingerprint density at radius 1 is 1.48 bits per heavy atom. The molecule has 0 saturated carbocycles. The van der Waals surface area contributed by atoms with Gasteiger partial charge in [-0.1, -0.05) is 15.9 Å². The number of aryl methyl sites for hydroxylation is 1. The van der Waals surface area contributed by atoms with Gasteiger partial charge in [-0.15, -0.1) is 0 Å². The Hall–Kier alpha value is -1.37. The van der Waals surface area contributed by atoms with Crippen LogP contribution in [0.4, 0.5) is 0 Å². The summed E-state index contributed by atoms with van der Waals surface area (Å²) in [5, 5.41) is 4.20. The highest BCUT2D eigenvalue weighted by molar-refractivity contribution is 9.10. The van der Waals surface area contributed by atoms with Crippen molar-refractivity contribution in [2.45, 2.75) is 12.6 Å². The number of likely N-dealkylation sites (N-methyl/N-ethyl adjacent to an activating group) is 1. The van der Waals surface area contributed by atoms with E-state index >= 15 is 0 Å². The molecule has 114 valence electrons. The highest BCUT2D eigenvalue weighted by atomic mass is 79.9. The van der Waals surface area contributed by atoms with Gasteiger partial charge in [0.15, 0.2) is 0 Å². The molecule has 0 saturated heterocycles. The molecule has 0 aliphatic heterocycles. The molecule has 0 amide bonds. The summed E-state index contributed by atoms with van der Waals surface area (Å²) < 4.78 is 8.29. The summed E-state index contributed by atoms with van der Waals surface area (Å²) in [6.45, 7) is 1.30. The van der Waals surface area contributed by atoms with Gasteiger partial charge in [0.1, 0.15) is 5.75 Å². The molecule has 0 radical (unpaired) electrons. The van der Waals surface area contributed by atoms with Crippen molar-refractivity contribution in [1.82, 2.24) is 14.7 Å². The summed E-state index contributed by atoms with van der Waals surface area (Å²) in [5.41, 5.74) is 8.25. The van der Waals surface area contributed by atoms with E-state index in [2.05, 4.69) is 39.0 Å². The summed E-state index contributed by atoms with van der Waals surface area (Å²) in [4.78, 5) is 2.21. The number of ether oxygens (including phenoxy) is 1. The van der Waals surface area contributed by atoms with Gasteiger partial charge in [0.05, 0.1) is 19.3 Å². The lowest BCUT2D eigenvalue weighted by molar-refractivity contribution is 0.236. The number of hydrogen-bond donors (Lipinski definition) is 1. The summed E-state index contributed by atoms with van der Waals surface area (Å²) in [6.07, 6.45) is 3.89. The van der Waals surface area contributed by atoms with Crippen molar-refractivity contribution >= 4 is 15.9 Å². The van der Waals surface area contributed by atoms with Crippen molar-refractivity contribution < 1.29 is 4.74 Å². The molecule has 1 atom stereocenters. The zero-order valence-corrected chi connectivity index (χ0v) is 14.2. The fraction of sp³-hybridized carbons (Fsp3) is 0.400. The van der Waals surface area contributed by atoms with Gasteiger partial charge in [0.25, 0.3) is 0 Å². The minimum absolute atomic E-state index is 0.0812. The third-order valence-electron chi connectivity index (χ3n) is 3.50. The number of nitrogens with two attached hydrogens (primary N) is 1. The highest BCUT2D eigenvalue weighted by Crippen LogP contribution is 2.31. The first-order valence-corrected chi connectivity index (χ1v) is 7.55. The van der Waals surface area contributed by atoms with Crippen LogP contribution in [0.15, 0.2) is 35.1 Å². The summed E-state index contributed by atoms with van der Waals surface area (Å²) in [5.74, 6) is 0.853. The SMILES string of the molecule is COc1ccc(Br)cc1C(CN)N(C)Cc1cnn(C)c1. The normalized spacial score (nSPS) is 12.7. The lowest BCUT2D eigenvalue weighted by Crippen LogP contribution is -2.30. The van der Waals surface area contributed by atoms with Crippen LogP contribution in [0, 0.1) is 0 Å². The van der Waals surface area contributed by atoms with E-state index in [1.165, 1.54) is 0 Å². The van der Waals surface area contributed by atoms with Crippen molar-refractivity contribution in [2.24, 2.45) is 12.8 Å². The maximum Gasteiger partial charge on any atom is 0.123 e. The predicted molar refractivity (Wildman–Crippen MR) is 87.2 cm³/mol. The Labute approximate surface area is 133 Å². The third kappa shape index (κ3) is 3.84. The summed E-state index contributed by atoms with van der Waals surface area (Å²) in [6, 6.07) is 6.07. The Bertz CT molecular complexity index is 599. The topological polar surface area (TPSA) is 56.3 Å². The standard InChI is InChI=1S/C15H21BrN4O/c1-19(9-11-8-18-20(2)10-11)14(7-17)13-6-12(16)4-5-15(13)21-3/h4-6,8,10,14H,7,9,17H2,1-3H3. The smallest absolute Gasteiger partial charge is 0.123 e. The van der Waals surface area contributed by atoms with Crippen LogP contribution in [-0.2, 0) is 13.6 Å². The molecule has 2 aromatic rings. The zero-order valence-electron chi connectivity index (χ0n) is 12.6. The third-order valence-corrected chi connectivity index (χ3v) is 3.99. The van der Waals surface area contributed by atoms with Crippen LogP contribution in [-0.4, -0.2) is 35.4 Å². The number of benzene rings is 1. The van der Waals surface area contributed by atoms with E-state index in [9.17, 15) is 0 Å². The van der Waals surface area contributed by atoms with E-state index in [4.69, 9.17) is 10.5 Å². The molecule has 0 bridgehead atoms. The molecule has 0 fully saturated rings. The van der Waals surface area contributed by atoms with E-state index in [0.29, 0.717) is 6.54 Å². The second kappa shape index (κ2) is 7.06. The maximum atomic E-state index is 6.00. The van der Waals surface area contributed by atoms with Crippen molar-refractivity contribution in [2.75, 3.05) is 20.7 Å². The minimum atomic E-state index is 0.0812. The van der Waals surface area contributed by atoms with Crippen LogP contribution in [0.3, 0.4) is 0 Å². The van der Waals surface area contributed by atoms with Gasteiger partial charge in [-0.25, -0.2) is 0 Å². The number of hydrogen-bond acceptors (Lipinski definition) is 4. The number of aromatic nitrogens is 2. The molecule has 0 aliphatic carbocycles. The molecular weight excluding hydrogens is 332 g/mol. The van der Waals surface area contributed by atoms with Crippen LogP contribution < -0.4 is 10.5 Å². The number of nitrogens with zero attached hydrogens (tertiary/aromatic N) is 3. The van der Waals surface area contributed by atoms with Crippen LogP contribution in [0.1, 0.15) is 17.2 Å². The molecule has 0 spiro atoms. The Morgan fingerprint density at radius 3 is 2.81 bits per heavy atom. The van der Waals surface area contributed by atoms with Gasteiger partial charge in [0, 0.05) is 41.9 Å². The van der Waals surface area contributed by atoms with Crippen LogP contribution in [0.5, 0.6) is 5.75 Å². The molecule has 1 aromatic heterocycles. The van der Waals surface area contributed by atoms with E-state index in [-0.39, 0.29) is 6.04 Å². The first-order valence-electron chi connectivity index (χ1n) is 6.76. The fourth-order valence-corrected chi connectivity index (χ4v) is 2.84. The predicted octanol–water partition coefficient (Wildman–Crippen LogP) is 2.32. The highest BCUT2D eigenvalue weighted by Gasteiger charge is 2.20. The second-order valence-corrected chi connectivity index (χ2v) is 5.99. The Morgan fingerprint density at radius 2 is 2.24 bits per heavy atom. The molecule has 1 unspecified atom stereocenters. The summed E-state index contributed by atoms with van der Waals surface area (Å²) in [7, 11) is 5.66. The molecule has 1 aromatic carbocycles. The molecule has 0 aliphatic rings.